The van der Waals surface area contributed by atoms with Crippen LogP contribution in [-0.2, 0) is 17.9 Å². The molecule has 0 aliphatic heterocycles. The number of hydrogen-bond acceptors (Lipinski definition) is 3. The number of nitrogens with one attached hydrogen (secondary N) is 1. The molecule has 118 valence electrons. The molecule has 2 aromatic rings. The van der Waals surface area contributed by atoms with Crippen molar-refractivity contribution in [1.29, 1.82) is 0 Å². The Morgan fingerprint density at radius 2 is 1.82 bits per heavy atom. The van der Waals surface area contributed by atoms with Crippen molar-refractivity contribution < 1.29 is 9.21 Å². The second-order valence-electron chi connectivity index (χ2n) is 6.51. The molecule has 0 saturated heterocycles. The van der Waals surface area contributed by atoms with E-state index in [0.717, 1.165) is 5.76 Å². The van der Waals surface area contributed by atoms with Crippen LogP contribution in [0.5, 0.6) is 0 Å². The molecule has 0 radical (unpaired) electrons. The summed E-state index contributed by atoms with van der Waals surface area (Å²) in [5.74, 6) is 0.884. The van der Waals surface area contributed by atoms with Crippen LogP contribution in [-0.4, -0.2) is 22.9 Å². The molecule has 0 unspecified atom stereocenters. The zero-order chi connectivity index (χ0) is 16.0. The summed E-state index contributed by atoms with van der Waals surface area (Å²) in [4.78, 5) is 14.3. The van der Waals surface area contributed by atoms with Crippen LogP contribution in [0.15, 0.2) is 53.1 Å². The Kier molecular flexibility index (Phi) is 5.39. The number of amides is 1. The second kappa shape index (κ2) is 7.27. The average Bonchev–Trinajstić information content (AvgIpc) is 2.90. The summed E-state index contributed by atoms with van der Waals surface area (Å²) >= 11 is 0. The van der Waals surface area contributed by atoms with E-state index in [-0.39, 0.29) is 11.4 Å². The first kappa shape index (κ1) is 16.3. The highest BCUT2D eigenvalue weighted by Crippen LogP contribution is 2.10. The Balaban J connectivity index is 2.02. The minimum Gasteiger partial charge on any atom is -0.468 e. The lowest BCUT2D eigenvalue weighted by atomic mass is 10.1. The maximum atomic E-state index is 12.2. The number of hydrogen-bond donors (Lipinski definition) is 1. The van der Waals surface area contributed by atoms with Crippen LogP contribution in [0, 0.1) is 0 Å². The minimum atomic E-state index is -0.222. The molecule has 2 rings (SSSR count). The molecule has 1 heterocycles. The van der Waals surface area contributed by atoms with Crippen molar-refractivity contribution in [3.63, 3.8) is 0 Å². The van der Waals surface area contributed by atoms with Crippen molar-refractivity contribution in [2.45, 2.75) is 39.4 Å². The summed E-state index contributed by atoms with van der Waals surface area (Å²) < 4.78 is 5.41. The van der Waals surface area contributed by atoms with E-state index in [1.54, 1.807) is 6.26 Å². The number of carbonyl (C=O) groups excluding carboxylic acids is 1. The quantitative estimate of drug-likeness (QED) is 0.891. The van der Waals surface area contributed by atoms with E-state index in [4.69, 9.17) is 4.42 Å². The van der Waals surface area contributed by atoms with Crippen LogP contribution < -0.4 is 5.32 Å². The maximum Gasteiger partial charge on any atom is 0.234 e. The number of benzene rings is 1. The van der Waals surface area contributed by atoms with Gasteiger partial charge < -0.3 is 9.73 Å². The van der Waals surface area contributed by atoms with Gasteiger partial charge in [-0.2, -0.15) is 0 Å². The van der Waals surface area contributed by atoms with Crippen molar-refractivity contribution in [3.05, 3.63) is 60.1 Å². The lowest BCUT2D eigenvalue weighted by molar-refractivity contribution is -0.124. The Labute approximate surface area is 132 Å². The summed E-state index contributed by atoms with van der Waals surface area (Å²) in [6.45, 7) is 7.61. The number of nitrogens with zero attached hydrogens (tertiary/aromatic N) is 1. The van der Waals surface area contributed by atoms with Crippen LogP contribution in [0.1, 0.15) is 32.1 Å². The van der Waals surface area contributed by atoms with Crippen LogP contribution in [0.25, 0.3) is 0 Å². The average molecular weight is 300 g/mol. The number of furan rings is 1. The molecule has 22 heavy (non-hydrogen) atoms. The van der Waals surface area contributed by atoms with Gasteiger partial charge in [0, 0.05) is 12.1 Å². The van der Waals surface area contributed by atoms with Gasteiger partial charge in [0.1, 0.15) is 5.76 Å². The second-order valence-corrected chi connectivity index (χ2v) is 6.51. The third-order valence-electron chi connectivity index (χ3n) is 3.09. The van der Waals surface area contributed by atoms with E-state index in [1.807, 2.05) is 51.1 Å². The summed E-state index contributed by atoms with van der Waals surface area (Å²) in [7, 11) is 0. The van der Waals surface area contributed by atoms with Gasteiger partial charge >= 0.3 is 0 Å². The summed E-state index contributed by atoms with van der Waals surface area (Å²) in [5, 5.41) is 3.00. The van der Waals surface area contributed by atoms with Gasteiger partial charge in [0.2, 0.25) is 5.91 Å². The molecule has 1 amide bonds. The highest BCUT2D eigenvalue weighted by molar-refractivity contribution is 5.78. The Morgan fingerprint density at radius 3 is 2.41 bits per heavy atom. The first-order chi connectivity index (χ1) is 10.4. The van der Waals surface area contributed by atoms with E-state index in [0.29, 0.717) is 19.6 Å². The lowest BCUT2D eigenvalue weighted by Gasteiger charge is -2.25. The molecule has 0 aliphatic carbocycles. The summed E-state index contributed by atoms with van der Waals surface area (Å²) in [5.41, 5.74) is 0.956. The van der Waals surface area contributed by atoms with E-state index in [9.17, 15) is 4.79 Å². The third-order valence-corrected chi connectivity index (χ3v) is 3.09. The molecular formula is C18H24N2O2. The molecule has 4 nitrogen and oxygen atoms in total. The SMILES string of the molecule is CC(C)(C)NC(=O)CN(Cc1ccccc1)Cc1ccco1. The van der Waals surface area contributed by atoms with Gasteiger partial charge in [-0.1, -0.05) is 30.3 Å². The fourth-order valence-electron chi connectivity index (χ4n) is 2.29. The van der Waals surface area contributed by atoms with Crippen LogP contribution in [0.2, 0.25) is 0 Å². The fourth-order valence-corrected chi connectivity index (χ4v) is 2.29. The normalized spacial score (nSPS) is 11.6. The lowest BCUT2D eigenvalue weighted by Crippen LogP contribution is -2.45. The van der Waals surface area contributed by atoms with Crippen LogP contribution in [0.3, 0.4) is 0 Å². The molecule has 0 bridgehead atoms. The van der Waals surface area contributed by atoms with Gasteiger partial charge in [-0.05, 0) is 38.5 Å². The molecule has 0 aliphatic rings. The highest BCUT2D eigenvalue weighted by atomic mass is 16.3. The Hall–Kier alpha value is -2.07. The Bertz CT molecular complexity index is 571. The van der Waals surface area contributed by atoms with Crippen LogP contribution in [0.4, 0.5) is 0 Å². The smallest absolute Gasteiger partial charge is 0.234 e. The predicted octanol–water partition coefficient (Wildman–Crippen LogP) is 3.20. The molecule has 1 aromatic heterocycles. The predicted molar refractivity (Wildman–Crippen MR) is 87.2 cm³/mol. The van der Waals surface area contributed by atoms with Gasteiger partial charge in [-0.3, -0.25) is 9.69 Å². The van der Waals surface area contributed by atoms with Crippen molar-refractivity contribution in [1.82, 2.24) is 10.2 Å². The molecule has 0 spiro atoms. The monoisotopic (exact) mass is 300 g/mol. The van der Waals surface area contributed by atoms with Gasteiger partial charge in [0.25, 0.3) is 0 Å². The fraction of sp³-hybridized carbons (Fsp3) is 0.389. The van der Waals surface area contributed by atoms with Crippen molar-refractivity contribution >= 4 is 5.91 Å². The summed E-state index contributed by atoms with van der Waals surface area (Å²) in [6, 6.07) is 13.9. The molecule has 0 atom stereocenters. The van der Waals surface area contributed by atoms with Crippen molar-refractivity contribution in [2.24, 2.45) is 0 Å². The molecule has 1 aromatic carbocycles. The topological polar surface area (TPSA) is 45.5 Å². The van der Waals surface area contributed by atoms with E-state index >= 15 is 0 Å². The van der Waals surface area contributed by atoms with Gasteiger partial charge in [0.05, 0.1) is 19.4 Å². The van der Waals surface area contributed by atoms with Gasteiger partial charge in [-0.15, -0.1) is 0 Å². The Morgan fingerprint density at radius 1 is 1.09 bits per heavy atom. The number of carbonyl (C=O) groups is 1. The largest absolute Gasteiger partial charge is 0.468 e. The standard InChI is InChI=1S/C18H24N2O2/c1-18(2,3)19-17(21)14-20(13-16-10-7-11-22-16)12-15-8-5-4-6-9-15/h4-11H,12-14H2,1-3H3,(H,19,21). The zero-order valence-corrected chi connectivity index (χ0v) is 13.5. The molecule has 4 heteroatoms. The van der Waals surface area contributed by atoms with Crippen molar-refractivity contribution in [3.8, 4) is 0 Å². The van der Waals surface area contributed by atoms with E-state index in [1.165, 1.54) is 5.56 Å². The number of rotatable bonds is 6. The van der Waals surface area contributed by atoms with Gasteiger partial charge in [-0.25, -0.2) is 0 Å². The minimum absolute atomic E-state index is 0.0231. The van der Waals surface area contributed by atoms with Crippen LogP contribution >= 0.6 is 0 Å². The van der Waals surface area contributed by atoms with E-state index in [2.05, 4.69) is 22.3 Å². The first-order valence-corrected chi connectivity index (χ1v) is 7.52. The molecule has 1 N–H and O–H groups in total. The van der Waals surface area contributed by atoms with E-state index < -0.39 is 0 Å². The zero-order valence-electron chi connectivity index (χ0n) is 13.5. The summed E-state index contributed by atoms with van der Waals surface area (Å²) in [6.07, 6.45) is 1.66. The first-order valence-electron chi connectivity index (χ1n) is 7.52. The molecular weight excluding hydrogens is 276 g/mol. The molecule has 0 saturated carbocycles. The molecule has 0 fully saturated rings. The highest BCUT2D eigenvalue weighted by Gasteiger charge is 2.18. The van der Waals surface area contributed by atoms with Crippen molar-refractivity contribution in [2.75, 3.05) is 6.54 Å². The third kappa shape index (κ3) is 5.74. The van der Waals surface area contributed by atoms with Gasteiger partial charge in [0.15, 0.2) is 0 Å². The maximum absolute atomic E-state index is 12.2.